The average Bonchev–Trinajstić information content (AvgIpc) is 2.17. The normalized spacial score (nSPS) is 9.50. The Bertz CT molecular complexity index is 442. The van der Waals surface area contributed by atoms with Crippen molar-refractivity contribution in [3.63, 3.8) is 0 Å². The van der Waals surface area contributed by atoms with Gasteiger partial charge in [0.15, 0.2) is 0 Å². The van der Waals surface area contributed by atoms with Crippen LogP contribution in [0.15, 0.2) is 36.4 Å². The Morgan fingerprint density at radius 3 is 2.36 bits per heavy atom. The molecule has 0 saturated carbocycles. The predicted octanol–water partition coefficient (Wildman–Crippen LogP) is -0.976. The van der Waals surface area contributed by atoms with Crippen LogP contribution in [0.1, 0.15) is 0 Å². The van der Waals surface area contributed by atoms with Crippen LogP contribution in [0.4, 0.5) is 0 Å². The van der Waals surface area contributed by atoms with Crippen molar-refractivity contribution in [1.82, 2.24) is 0 Å². The maximum absolute atomic E-state index is 5.14. The van der Waals surface area contributed by atoms with E-state index < -0.39 is 0 Å². The Labute approximate surface area is 97.7 Å². The molecule has 0 atom stereocenters. The Kier molecular flexibility index (Phi) is 3.82. The largest absolute Gasteiger partial charge is 1.00 e. The third-order valence-corrected chi connectivity index (χ3v) is 2.38. The zero-order valence-corrected chi connectivity index (χ0v) is 9.56. The van der Waals surface area contributed by atoms with Gasteiger partial charge in [0.2, 0.25) is 0 Å². The molecule has 73 valence electrons. The van der Waals surface area contributed by atoms with E-state index in [4.69, 9.17) is 4.74 Å². The molecule has 0 unspecified atom stereocenters. The molecular weight excluding hydrogens is 239 g/mol. The molecule has 0 aliphatic carbocycles. The van der Waals surface area contributed by atoms with Gasteiger partial charge in [0.25, 0.3) is 0 Å². The minimum atomic E-state index is 0. The van der Waals surface area contributed by atoms with Crippen molar-refractivity contribution in [2.24, 2.45) is 0 Å². The van der Waals surface area contributed by atoms with Crippen molar-refractivity contribution in [2.75, 3.05) is 7.11 Å². The van der Waals surface area contributed by atoms with Crippen LogP contribution >= 0.6 is 0 Å². The number of hydrogen-bond acceptors (Lipinski definition) is 1. The van der Waals surface area contributed by atoms with Gasteiger partial charge >= 0.3 is 85.2 Å². The summed E-state index contributed by atoms with van der Waals surface area (Å²) in [5.74, 6) is 0.898. The van der Waals surface area contributed by atoms with Crippen molar-refractivity contribution in [1.29, 1.82) is 0 Å². The molecule has 0 fully saturated rings. The average molecular weight is 248 g/mol. The summed E-state index contributed by atoms with van der Waals surface area (Å²) in [7, 11) is 1.68. The molecule has 0 N–H and O–H groups in total. The van der Waals surface area contributed by atoms with E-state index in [1.54, 1.807) is 7.11 Å². The fourth-order valence-electron chi connectivity index (χ4n) is 1.32. The van der Waals surface area contributed by atoms with Crippen LogP contribution in [0, 0.1) is 0 Å². The van der Waals surface area contributed by atoms with Crippen molar-refractivity contribution in [3.05, 3.63) is 36.4 Å². The first-order valence-corrected chi connectivity index (χ1v) is 4.62. The van der Waals surface area contributed by atoms with E-state index in [1.807, 2.05) is 18.2 Å². The number of halogens is 1. The Morgan fingerprint density at radius 2 is 1.64 bits per heavy atom. The number of rotatable bonds is 1. The molecule has 1 nitrogen and oxygen atoms in total. The summed E-state index contributed by atoms with van der Waals surface area (Å²) in [5.41, 5.74) is 0. The molecule has 0 amide bonds. The topological polar surface area (TPSA) is 9.23 Å². The Balaban J connectivity index is 0.000000980. The van der Waals surface area contributed by atoms with Gasteiger partial charge in [-0.25, -0.2) is 0 Å². The molecule has 0 aromatic heterocycles. The van der Waals surface area contributed by atoms with Gasteiger partial charge in [-0.3, -0.25) is 0 Å². The Morgan fingerprint density at radius 1 is 1.00 bits per heavy atom. The third-order valence-electron chi connectivity index (χ3n) is 2.01. The number of methoxy groups -OCH3 is 1. The maximum Gasteiger partial charge on any atom is -1.00 e. The molecule has 0 spiro atoms. The minimum Gasteiger partial charge on any atom is -1.00 e. The fraction of sp³-hybridized carbons (Fsp3) is 0.0909. The predicted molar refractivity (Wildman–Crippen MR) is 50.1 cm³/mol. The molecule has 2 aromatic carbocycles. The minimum absolute atomic E-state index is 0. The molecule has 2 rings (SSSR count). The molecule has 0 radical (unpaired) electrons. The Hall–Kier alpha value is -0.691. The van der Waals surface area contributed by atoms with Gasteiger partial charge in [0.05, 0.1) is 0 Å². The molecule has 0 aliphatic rings. The van der Waals surface area contributed by atoms with Crippen LogP contribution in [0.3, 0.4) is 0 Å². The second-order valence-corrected chi connectivity index (χ2v) is 3.54. The van der Waals surface area contributed by atoms with E-state index in [2.05, 4.69) is 34.2 Å². The second kappa shape index (κ2) is 4.70. The first kappa shape index (κ1) is 11.4. The molecular formula is C11H9ClMnO. The van der Waals surface area contributed by atoms with Crippen LogP contribution in [0.2, 0.25) is 0 Å². The van der Waals surface area contributed by atoms with Gasteiger partial charge in [0.1, 0.15) is 0 Å². The van der Waals surface area contributed by atoms with Gasteiger partial charge < -0.3 is 12.4 Å². The van der Waals surface area contributed by atoms with Crippen LogP contribution in [0.25, 0.3) is 10.8 Å². The van der Waals surface area contributed by atoms with Crippen LogP contribution < -0.4 is 21.6 Å². The fourth-order valence-corrected chi connectivity index (χ4v) is 1.60. The number of hydrogen-bond donors (Lipinski definition) is 0. The third kappa shape index (κ3) is 2.21. The number of ether oxygens (including phenoxy) is 1. The standard InChI is InChI=1S/C11H9O.ClH.Mn/c1-12-11-7-6-9-4-2-3-5-10(9)8-11;;/h3-8H,1H3;1H;/q;;+1/p-1. The van der Waals surface area contributed by atoms with Crippen LogP contribution in [-0.4, -0.2) is 7.11 Å². The summed E-state index contributed by atoms with van der Waals surface area (Å²) >= 11 is 3.44. The SMILES string of the molecule is COc1ccc2c[c]([Mn+])ccc2c1.[Cl-]. The zero-order chi connectivity index (χ0) is 9.26. The van der Waals surface area contributed by atoms with Crippen LogP contribution in [-0.2, 0) is 16.0 Å². The van der Waals surface area contributed by atoms with Crippen molar-refractivity contribution in [2.45, 2.75) is 0 Å². The molecule has 0 bridgehead atoms. The first-order valence-electron chi connectivity index (χ1n) is 4.03. The van der Waals surface area contributed by atoms with Gasteiger partial charge in [-0.2, -0.15) is 0 Å². The van der Waals surface area contributed by atoms with E-state index in [9.17, 15) is 0 Å². The van der Waals surface area contributed by atoms with Gasteiger partial charge in [-0.05, 0) is 0 Å². The molecule has 2 aromatic rings. The summed E-state index contributed by atoms with van der Waals surface area (Å²) in [6.07, 6.45) is 0. The monoisotopic (exact) mass is 247 g/mol. The molecule has 3 heteroatoms. The second-order valence-electron chi connectivity index (χ2n) is 2.86. The van der Waals surface area contributed by atoms with Crippen molar-refractivity contribution in [3.8, 4) is 5.75 Å². The summed E-state index contributed by atoms with van der Waals surface area (Å²) < 4.78 is 6.24. The summed E-state index contributed by atoms with van der Waals surface area (Å²) in [6.45, 7) is 0. The van der Waals surface area contributed by atoms with Crippen molar-refractivity contribution < 1.29 is 33.2 Å². The summed E-state index contributed by atoms with van der Waals surface area (Å²) in [5, 5.41) is 2.41. The van der Waals surface area contributed by atoms with E-state index in [-0.39, 0.29) is 12.4 Å². The molecule has 0 aliphatic heterocycles. The quantitative estimate of drug-likeness (QED) is 0.589. The van der Waals surface area contributed by atoms with Gasteiger partial charge in [-0.15, -0.1) is 0 Å². The molecule has 0 heterocycles. The van der Waals surface area contributed by atoms with E-state index in [0.29, 0.717) is 0 Å². The number of fused-ring (bicyclic) bond motifs is 1. The van der Waals surface area contributed by atoms with Crippen LogP contribution in [0.5, 0.6) is 5.75 Å². The zero-order valence-electron chi connectivity index (χ0n) is 7.63. The molecule has 14 heavy (non-hydrogen) atoms. The van der Waals surface area contributed by atoms with E-state index in [0.717, 1.165) is 10.2 Å². The molecule has 0 saturated heterocycles. The summed E-state index contributed by atoms with van der Waals surface area (Å²) in [4.78, 5) is 0. The van der Waals surface area contributed by atoms with Crippen molar-refractivity contribution >= 4 is 15.2 Å². The van der Waals surface area contributed by atoms with Gasteiger partial charge in [-0.1, -0.05) is 0 Å². The number of benzene rings is 2. The summed E-state index contributed by atoms with van der Waals surface area (Å²) in [6, 6.07) is 12.2. The van der Waals surface area contributed by atoms with E-state index in [1.165, 1.54) is 10.8 Å². The smallest absolute Gasteiger partial charge is 1.00 e. The van der Waals surface area contributed by atoms with E-state index >= 15 is 0 Å². The first-order chi connectivity index (χ1) is 6.29. The van der Waals surface area contributed by atoms with Gasteiger partial charge in [0, 0.05) is 0 Å². The maximum atomic E-state index is 5.14.